The quantitative estimate of drug-likeness (QED) is 0.794. The summed E-state index contributed by atoms with van der Waals surface area (Å²) >= 11 is 0. The zero-order valence-electron chi connectivity index (χ0n) is 10.9. The van der Waals surface area contributed by atoms with Crippen molar-refractivity contribution in [3.63, 3.8) is 0 Å². The molecule has 0 fully saturated rings. The van der Waals surface area contributed by atoms with Crippen molar-refractivity contribution >= 4 is 18.7 Å². The van der Waals surface area contributed by atoms with Crippen molar-refractivity contribution in [2.24, 2.45) is 0 Å². The van der Waals surface area contributed by atoms with E-state index in [0.717, 1.165) is 11.0 Å². The molecule has 0 bridgehead atoms. The number of hydrogen-bond donors (Lipinski definition) is 2. The SMILES string of the molecule is O=C=O.OB1OCc2cc(Oc3ccccc3O)ccc21. The van der Waals surface area contributed by atoms with Gasteiger partial charge >= 0.3 is 13.3 Å². The van der Waals surface area contributed by atoms with E-state index in [2.05, 4.69) is 0 Å². The van der Waals surface area contributed by atoms with E-state index in [1.807, 2.05) is 0 Å². The van der Waals surface area contributed by atoms with E-state index in [0.29, 0.717) is 18.1 Å². The van der Waals surface area contributed by atoms with Crippen LogP contribution in [0.2, 0.25) is 0 Å². The molecule has 0 amide bonds. The Morgan fingerprint density at radius 1 is 1.19 bits per heavy atom. The van der Waals surface area contributed by atoms with Crippen LogP contribution in [-0.4, -0.2) is 23.4 Å². The van der Waals surface area contributed by atoms with Crippen molar-refractivity contribution in [3.05, 3.63) is 48.0 Å². The molecule has 1 heterocycles. The maximum absolute atomic E-state index is 9.62. The number of hydrogen-bond acceptors (Lipinski definition) is 6. The number of fused-ring (bicyclic) bond motifs is 1. The zero-order chi connectivity index (χ0) is 15.2. The summed E-state index contributed by atoms with van der Waals surface area (Å²) in [6.45, 7) is 0.370. The van der Waals surface area contributed by atoms with Crippen molar-refractivity contribution in [3.8, 4) is 17.2 Å². The van der Waals surface area contributed by atoms with Gasteiger partial charge in [0, 0.05) is 0 Å². The summed E-state index contributed by atoms with van der Waals surface area (Å²) in [6.07, 6.45) is 0.250. The summed E-state index contributed by atoms with van der Waals surface area (Å²) in [5.41, 5.74) is 1.66. The lowest BCUT2D eigenvalue weighted by Gasteiger charge is -2.08. The van der Waals surface area contributed by atoms with Gasteiger partial charge in [0.25, 0.3) is 0 Å². The summed E-state index contributed by atoms with van der Waals surface area (Å²) in [4.78, 5) is 16.2. The minimum atomic E-state index is -0.848. The zero-order valence-corrected chi connectivity index (χ0v) is 10.9. The first-order valence-electron chi connectivity index (χ1n) is 6.03. The molecule has 0 saturated carbocycles. The molecule has 0 atom stereocenters. The molecule has 0 aliphatic carbocycles. The second-order valence-electron chi connectivity index (χ2n) is 4.18. The van der Waals surface area contributed by atoms with Gasteiger partial charge in [-0.05, 0) is 35.3 Å². The average Bonchev–Trinajstić information content (AvgIpc) is 2.83. The Hall–Kier alpha value is -2.60. The summed E-state index contributed by atoms with van der Waals surface area (Å²) in [5.74, 6) is 1.10. The fourth-order valence-electron chi connectivity index (χ4n) is 1.94. The molecule has 2 N–H and O–H groups in total. The number of rotatable bonds is 2. The van der Waals surface area contributed by atoms with Gasteiger partial charge in [-0.15, -0.1) is 0 Å². The fraction of sp³-hybridized carbons (Fsp3) is 0.0714. The van der Waals surface area contributed by atoms with Crippen molar-refractivity contribution < 1.29 is 29.1 Å². The number of carbonyl (C=O) groups excluding carboxylic acids is 2. The average molecular weight is 286 g/mol. The second-order valence-corrected chi connectivity index (χ2v) is 4.18. The largest absolute Gasteiger partial charge is 0.504 e. The Morgan fingerprint density at radius 3 is 2.62 bits per heavy atom. The van der Waals surface area contributed by atoms with Crippen LogP contribution >= 0.6 is 0 Å². The van der Waals surface area contributed by atoms with Crippen LogP contribution in [0.1, 0.15) is 5.56 Å². The maximum atomic E-state index is 9.62. The van der Waals surface area contributed by atoms with Crippen molar-refractivity contribution in [2.75, 3.05) is 0 Å². The molecule has 1 aliphatic heterocycles. The summed E-state index contributed by atoms with van der Waals surface area (Å²) < 4.78 is 10.7. The van der Waals surface area contributed by atoms with E-state index < -0.39 is 7.12 Å². The van der Waals surface area contributed by atoms with Crippen LogP contribution in [0.25, 0.3) is 0 Å². The van der Waals surface area contributed by atoms with Crippen LogP contribution in [0.15, 0.2) is 42.5 Å². The topological polar surface area (TPSA) is 93.1 Å². The molecule has 0 aromatic heterocycles. The Bertz CT molecular complexity index is 666. The Labute approximate surface area is 120 Å². The molecule has 0 radical (unpaired) electrons. The highest BCUT2D eigenvalue weighted by Gasteiger charge is 2.27. The maximum Gasteiger partial charge on any atom is 0.491 e. The van der Waals surface area contributed by atoms with Crippen LogP contribution in [-0.2, 0) is 20.9 Å². The molecule has 0 saturated heterocycles. The van der Waals surface area contributed by atoms with E-state index in [9.17, 15) is 10.1 Å². The molecule has 21 heavy (non-hydrogen) atoms. The predicted molar refractivity (Wildman–Crippen MR) is 72.0 cm³/mol. The molecule has 2 aromatic rings. The number of para-hydroxylation sites is 2. The highest BCUT2D eigenvalue weighted by Crippen LogP contribution is 2.30. The molecule has 2 aromatic carbocycles. The monoisotopic (exact) mass is 286 g/mol. The third-order valence-corrected chi connectivity index (χ3v) is 2.87. The first-order valence-corrected chi connectivity index (χ1v) is 6.03. The third-order valence-electron chi connectivity index (χ3n) is 2.87. The lowest BCUT2D eigenvalue weighted by Crippen LogP contribution is -2.27. The van der Waals surface area contributed by atoms with E-state index in [1.54, 1.807) is 42.5 Å². The number of benzene rings is 2. The molecule has 106 valence electrons. The standard InChI is InChI=1S/C13H11BO4.CO2/c15-12-3-1-2-4-13(12)18-10-5-6-11-9(7-10)8-17-14(11)16;2-1-3/h1-7,15-16H,8H2;. The molecule has 7 heteroatoms. The Balaban J connectivity index is 0.000000497. The smallest absolute Gasteiger partial charge is 0.491 e. The van der Waals surface area contributed by atoms with Crippen LogP contribution in [0.4, 0.5) is 0 Å². The normalized spacial score (nSPS) is 12.0. The number of ether oxygens (including phenoxy) is 1. The van der Waals surface area contributed by atoms with Gasteiger partial charge in [0.05, 0.1) is 6.61 Å². The molecule has 0 unspecified atom stereocenters. The van der Waals surface area contributed by atoms with Gasteiger partial charge in [0.1, 0.15) is 5.75 Å². The fourth-order valence-corrected chi connectivity index (χ4v) is 1.94. The summed E-state index contributed by atoms with van der Waals surface area (Å²) in [6, 6.07) is 12.1. The first-order chi connectivity index (χ1) is 10.2. The lowest BCUT2D eigenvalue weighted by molar-refractivity contribution is -0.191. The van der Waals surface area contributed by atoms with Gasteiger partial charge in [-0.2, -0.15) is 9.59 Å². The highest BCUT2D eigenvalue weighted by molar-refractivity contribution is 6.61. The Kier molecular flexibility index (Phi) is 4.74. The second kappa shape index (κ2) is 6.72. The van der Waals surface area contributed by atoms with Crippen LogP contribution in [0.5, 0.6) is 17.2 Å². The van der Waals surface area contributed by atoms with Crippen molar-refractivity contribution in [1.82, 2.24) is 0 Å². The number of phenolic OH excluding ortho intramolecular Hbond substituents is 1. The van der Waals surface area contributed by atoms with Crippen LogP contribution < -0.4 is 10.2 Å². The van der Waals surface area contributed by atoms with Gasteiger partial charge in [-0.1, -0.05) is 18.2 Å². The molecule has 3 rings (SSSR count). The minimum Gasteiger partial charge on any atom is -0.504 e. The van der Waals surface area contributed by atoms with Crippen molar-refractivity contribution in [2.45, 2.75) is 6.61 Å². The lowest BCUT2D eigenvalue weighted by atomic mass is 9.80. The summed E-state index contributed by atoms with van der Waals surface area (Å²) in [7, 11) is -0.848. The van der Waals surface area contributed by atoms with Gasteiger partial charge in [0.2, 0.25) is 0 Å². The van der Waals surface area contributed by atoms with Gasteiger partial charge in [0.15, 0.2) is 11.5 Å². The van der Waals surface area contributed by atoms with Crippen molar-refractivity contribution in [1.29, 1.82) is 0 Å². The van der Waals surface area contributed by atoms with Crippen LogP contribution in [0.3, 0.4) is 0 Å². The first kappa shape index (κ1) is 14.8. The van der Waals surface area contributed by atoms with Gasteiger partial charge < -0.3 is 19.5 Å². The third kappa shape index (κ3) is 3.49. The van der Waals surface area contributed by atoms with Crippen LogP contribution in [0, 0.1) is 0 Å². The number of aromatic hydroxyl groups is 1. The Morgan fingerprint density at radius 2 is 1.90 bits per heavy atom. The molecule has 6 nitrogen and oxygen atoms in total. The van der Waals surface area contributed by atoms with E-state index in [4.69, 9.17) is 19.0 Å². The van der Waals surface area contributed by atoms with Gasteiger partial charge in [-0.25, -0.2) is 0 Å². The predicted octanol–water partition coefficient (Wildman–Crippen LogP) is 0.819. The number of phenols is 1. The van der Waals surface area contributed by atoms with E-state index >= 15 is 0 Å². The molecule has 1 aliphatic rings. The molecule has 0 spiro atoms. The molecular formula is C14H11BO6. The van der Waals surface area contributed by atoms with E-state index in [-0.39, 0.29) is 11.9 Å². The van der Waals surface area contributed by atoms with Gasteiger partial charge in [-0.3, -0.25) is 0 Å². The minimum absolute atomic E-state index is 0.0919. The van der Waals surface area contributed by atoms with E-state index in [1.165, 1.54) is 0 Å². The molecular weight excluding hydrogens is 275 g/mol. The highest BCUT2D eigenvalue weighted by atomic mass is 16.5. The summed E-state index contributed by atoms with van der Waals surface area (Å²) in [5, 5.41) is 19.1.